The highest BCUT2D eigenvalue weighted by Gasteiger charge is 2.28. The zero-order chi connectivity index (χ0) is 15.5. The van der Waals surface area contributed by atoms with E-state index in [-0.39, 0.29) is 11.8 Å². The third kappa shape index (κ3) is 2.86. The second kappa shape index (κ2) is 6.25. The van der Waals surface area contributed by atoms with Gasteiger partial charge in [0.2, 0.25) is 0 Å². The van der Waals surface area contributed by atoms with E-state index in [1.807, 2.05) is 4.90 Å². The lowest BCUT2D eigenvalue weighted by molar-refractivity contribution is 0.0703. The molecule has 1 atom stereocenters. The van der Waals surface area contributed by atoms with E-state index in [1.54, 1.807) is 30.9 Å². The summed E-state index contributed by atoms with van der Waals surface area (Å²) in [6.07, 6.45) is 7.13. The van der Waals surface area contributed by atoms with Crippen LogP contribution in [-0.4, -0.2) is 43.6 Å². The Kier molecular flexibility index (Phi) is 4.18. The summed E-state index contributed by atoms with van der Waals surface area (Å²) in [4.78, 5) is 18.5. The maximum atomic E-state index is 12.6. The van der Waals surface area contributed by atoms with E-state index in [1.165, 1.54) is 0 Å². The van der Waals surface area contributed by atoms with Crippen molar-refractivity contribution in [3.05, 3.63) is 42.2 Å². The molecular weight excluding hydrogens is 278 g/mol. The van der Waals surface area contributed by atoms with Gasteiger partial charge in [-0.3, -0.25) is 9.78 Å². The van der Waals surface area contributed by atoms with Crippen molar-refractivity contribution in [3.63, 3.8) is 0 Å². The third-order valence-electron chi connectivity index (χ3n) is 4.16. The first-order chi connectivity index (χ1) is 10.7. The predicted molar refractivity (Wildman–Crippen MR) is 82.5 cm³/mol. The quantitative estimate of drug-likeness (QED) is 0.872. The topological polar surface area (TPSA) is 63.9 Å². The lowest BCUT2D eigenvalue weighted by Crippen LogP contribution is -2.39. The van der Waals surface area contributed by atoms with Gasteiger partial charge in [0.1, 0.15) is 12.2 Å². The summed E-state index contributed by atoms with van der Waals surface area (Å²) in [6.45, 7) is 5.74. The molecule has 0 spiro atoms. The van der Waals surface area contributed by atoms with E-state index in [9.17, 15) is 4.79 Å². The molecule has 0 saturated carbocycles. The van der Waals surface area contributed by atoms with Gasteiger partial charge in [-0.2, -0.15) is 0 Å². The molecule has 1 saturated heterocycles. The van der Waals surface area contributed by atoms with Gasteiger partial charge < -0.3 is 9.47 Å². The van der Waals surface area contributed by atoms with Crippen molar-refractivity contribution in [2.24, 2.45) is 0 Å². The fourth-order valence-electron chi connectivity index (χ4n) is 2.99. The molecule has 22 heavy (non-hydrogen) atoms. The standard InChI is InChI=1S/C16H21N5O/c1-12(2)21-11-18-19-15(21)14-4-3-9-20(10-14)16(22)13-5-7-17-8-6-13/h5-8,11-12,14H,3-4,9-10H2,1-2H3. The number of nitrogens with zero attached hydrogens (tertiary/aromatic N) is 5. The minimum atomic E-state index is 0.0720. The van der Waals surface area contributed by atoms with Crippen molar-refractivity contribution in [1.82, 2.24) is 24.6 Å². The average molecular weight is 299 g/mol. The van der Waals surface area contributed by atoms with E-state index in [0.717, 1.165) is 25.2 Å². The number of pyridine rings is 1. The lowest BCUT2D eigenvalue weighted by atomic mass is 9.96. The van der Waals surface area contributed by atoms with Gasteiger partial charge in [0.05, 0.1) is 0 Å². The molecule has 3 heterocycles. The normalized spacial score (nSPS) is 18.7. The minimum Gasteiger partial charge on any atom is -0.338 e. The van der Waals surface area contributed by atoms with Crippen LogP contribution in [0, 0.1) is 0 Å². The van der Waals surface area contributed by atoms with Gasteiger partial charge in [-0.1, -0.05) is 0 Å². The zero-order valence-corrected chi connectivity index (χ0v) is 13.0. The first kappa shape index (κ1) is 14.7. The van der Waals surface area contributed by atoms with Crippen LogP contribution in [0.15, 0.2) is 30.9 Å². The Balaban J connectivity index is 1.77. The summed E-state index contributed by atoms with van der Waals surface area (Å²) < 4.78 is 2.10. The highest BCUT2D eigenvalue weighted by Crippen LogP contribution is 2.27. The number of carbonyl (C=O) groups is 1. The van der Waals surface area contributed by atoms with Crippen molar-refractivity contribution < 1.29 is 4.79 Å². The molecule has 0 aromatic carbocycles. The van der Waals surface area contributed by atoms with Gasteiger partial charge in [0.25, 0.3) is 5.91 Å². The molecule has 1 amide bonds. The van der Waals surface area contributed by atoms with Crippen LogP contribution >= 0.6 is 0 Å². The molecule has 1 aliphatic heterocycles. The zero-order valence-electron chi connectivity index (χ0n) is 13.0. The first-order valence-corrected chi connectivity index (χ1v) is 7.75. The van der Waals surface area contributed by atoms with Gasteiger partial charge >= 0.3 is 0 Å². The molecule has 116 valence electrons. The monoisotopic (exact) mass is 299 g/mol. The van der Waals surface area contributed by atoms with Gasteiger partial charge in [0.15, 0.2) is 0 Å². The Morgan fingerprint density at radius 3 is 2.82 bits per heavy atom. The minimum absolute atomic E-state index is 0.0720. The van der Waals surface area contributed by atoms with Crippen LogP contribution in [0.5, 0.6) is 0 Å². The molecule has 0 radical (unpaired) electrons. The number of rotatable bonds is 3. The maximum Gasteiger partial charge on any atom is 0.253 e. The van der Waals surface area contributed by atoms with Crippen LogP contribution in [0.1, 0.15) is 54.8 Å². The Labute approximate surface area is 130 Å². The average Bonchev–Trinajstić information content (AvgIpc) is 3.05. The molecule has 2 aromatic rings. The fraction of sp³-hybridized carbons (Fsp3) is 0.500. The molecule has 0 N–H and O–H groups in total. The summed E-state index contributed by atoms with van der Waals surface area (Å²) in [7, 11) is 0. The molecule has 1 aliphatic rings. The number of piperidine rings is 1. The Morgan fingerprint density at radius 1 is 1.32 bits per heavy atom. The second-order valence-corrected chi connectivity index (χ2v) is 6.02. The molecule has 0 aliphatic carbocycles. The Hall–Kier alpha value is -2.24. The number of amides is 1. The third-order valence-corrected chi connectivity index (χ3v) is 4.16. The van der Waals surface area contributed by atoms with Crippen molar-refractivity contribution >= 4 is 5.91 Å². The number of carbonyl (C=O) groups excluding carboxylic acids is 1. The summed E-state index contributed by atoms with van der Waals surface area (Å²) in [5.74, 6) is 1.31. The van der Waals surface area contributed by atoms with Crippen LogP contribution in [0.4, 0.5) is 0 Å². The van der Waals surface area contributed by atoms with Gasteiger partial charge in [-0.05, 0) is 38.8 Å². The fourth-order valence-corrected chi connectivity index (χ4v) is 2.99. The van der Waals surface area contributed by atoms with E-state index < -0.39 is 0 Å². The Bertz CT molecular complexity index is 637. The van der Waals surface area contributed by atoms with Crippen molar-refractivity contribution in [1.29, 1.82) is 0 Å². The second-order valence-electron chi connectivity index (χ2n) is 6.02. The van der Waals surface area contributed by atoms with Crippen molar-refractivity contribution in [2.75, 3.05) is 13.1 Å². The summed E-state index contributed by atoms with van der Waals surface area (Å²) in [5, 5.41) is 8.34. The number of aromatic nitrogens is 4. The molecule has 1 unspecified atom stereocenters. The molecule has 0 bridgehead atoms. The number of hydrogen-bond donors (Lipinski definition) is 0. The lowest BCUT2D eigenvalue weighted by Gasteiger charge is -2.32. The van der Waals surface area contributed by atoms with E-state index in [4.69, 9.17) is 0 Å². The Morgan fingerprint density at radius 2 is 2.09 bits per heavy atom. The number of hydrogen-bond acceptors (Lipinski definition) is 4. The van der Waals surface area contributed by atoms with Crippen LogP contribution in [-0.2, 0) is 0 Å². The molecular formula is C16H21N5O. The van der Waals surface area contributed by atoms with Gasteiger partial charge in [-0.15, -0.1) is 10.2 Å². The largest absolute Gasteiger partial charge is 0.338 e. The summed E-state index contributed by atoms with van der Waals surface area (Å²) in [5.41, 5.74) is 0.695. The number of likely N-dealkylation sites (tertiary alicyclic amines) is 1. The summed E-state index contributed by atoms with van der Waals surface area (Å²) >= 11 is 0. The van der Waals surface area contributed by atoms with Crippen LogP contribution < -0.4 is 0 Å². The highest BCUT2D eigenvalue weighted by atomic mass is 16.2. The van der Waals surface area contributed by atoms with Crippen molar-refractivity contribution in [3.8, 4) is 0 Å². The van der Waals surface area contributed by atoms with E-state index >= 15 is 0 Å². The highest BCUT2D eigenvalue weighted by molar-refractivity contribution is 5.94. The van der Waals surface area contributed by atoms with Crippen LogP contribution in [0.3, 0.4) is 0 Å². The first-order valence-electron chi connectivity index (χ1n) is 7.75. The van der Waals surface area contributed by atoms with Gasteiger partial charge in [-0.25, -0.2) is 0 Å². The molecule has 3 rings (SSSR count). The van der Waals surface area contributed by atoms with Crippen LogP contribution in [0.25, 0.3) is 0 Å². The van der Waals surface area contributed by atoms with Gasteiger partial charge in [0, 0.05) is 43.0 Å². The van der Waals surface area contributed by atoms with Crippen LogP contribution in [0.2, 0.25) is 0 Å². The molecule has 1 fully saturated rings. The SMILES string of the molecule is CC(C)n1cnnc1C1CCCN(C(=O)c2ccncc2)C1. The molecule has 2 aromatic heterocycles. The molecule has 6 heteroatoms. The molecule has 6 nitrogen and oxygen atoms in total. The predicted octanol–water partition coefficient (Wildman–Crippen LogP) is 2.27. The van der Waals surface area contributed by atoms with E-state index in [2.05, 4.69) is 33.6 Å². The smallest absolute Gasteiger partial charge is 0.253 e. The van der Waals surface area contributed by atoms with E-state index in [0.29, 0.717) is 18.2 Å². The summed E-state index contributed by atoms with van der Waals surface area (Å²) in [6, 6.07) is 3.86. The van der Waals surface area contributed by atoms with Crippen molar-refractivity contribution in [2.45, 2.75) is 38.6 Å². The maximum absolute atomic E-state index is 12.6.